The topological polar surface area (TPSA) is 98.2 Å². The van der Waals surface area contributed by atoms with Crippen LogP contribution in [0.1, 0.15) is 51.1 Å². The Bertz CT molecular complexity index is 1260. The van der Waals surface area contributed by atoms with Crippen molar-refractivity contribution in [3.63, 3.8) is 0 Å². The summed E-state index contributed by atoms with van der Waals surface area (Å²) in [6, 6.07) is 13.6. The van der Waals surface area contributed by atoms with Gasteiger partial charge in [0.2, 0.25) is 0 Å². The molecule has 35 heavy (non-hydrogen) atoms. The zero-order valence-electron chi connectivity index (χ0n) is 19.2. The Balaban J connectivity index is 1.52. The smallest absolute Gasteiger partial charge is 0.258 e. The number of hydrogen-bond donors (Lipinski definition) is 3. The normalized spacial score (nSPS) is 13.3. The second-order valence-electron chi connectivity index (χ2n) is 8.39. The summed E-state index contributed by atoms with van der Waals surface area (Å²) in [6.45, 7) is 3.55. The number of likely N-dealkylation sites (tertiary alicyclic amines) is 1. The highest BCUT2D eigenvalue weighted by atomic mass is 79.9. The fourth-order valence-corrected chi connectivity index (χ4v) is 4.49. The molecular weight excluding hydrogens is 530 g/mol. The minimum absolute atomic E-state index is 0.233. The molecule has 2 aromatic carbocycles. The number of amides is 2. The van der Waals surface area contributed by atoms with E-state index in [4.69, 9.17) is 17.0 Å². The lowest BCUT2D eigenvalue weighted by Crippen LogP contribution is -2.35. The molecule has 2 heterocycles. The maximum Gasteiger partial charge on any atom is 0.258 e. The average Bonchev–Trinajstić information content (AvgIpc) is 2.87. The van der Waals surface area contributed by atoms with Crippen molar-refractivity contribution in [2.45, 2.75) is 26.2 Å². The van der Waals surface area contributed by atoms with Gasteiger partial charge in [0.15, 0.2) is 0 Å². The van der Waals surface area contributed by atoms with E-state index < -0.39 is 5.91 Å². The zero-order chi connectivity index (χ0) is 24.9. The standard InChI is InChI=1S/C26H25BrClN5O2/c1-16-13-20(28)14-21(26(35)31-22-10-9-19(27)15-30-22)23(16)32-25(34)18-7-5-17(6-8-18)24(29)33-11-3-2-4-12-33/h5-10,13-15,29H,2-4,11-12H2,1H3,(H,32,34)(H,30,31,35). The quantitative estimate of drug-likeness (QED) is 0.261. The van der Waals surface area contributed by atoms with E-state index in [9.17, 15) is 9.59 Å². The van der Waals surface area contributed by atoms with Crippen LogP contribution in [0.5, 0.6) is 0 Å². The van der Waals surface area contributed by atoms with E-state index in [0.29, 0.717) is 33.5 Å². The van der Waals surface area contributed by atoms with Gasteiger partial charge in [0.05, 0.1) is 11.3 Å². The van der Waals surface area contributed by atoms with Crippen molar-refractivity contribution in [2.75, 3.05) is 23.7 Å². The van der Waals surface area contributed by atoms with Crippen LogP contribution in [0.15, 0.2) is 59.2 Å². The van der Waals surface area contributed by atoms with Crippen molar-refractivity contribution in [3.05, 3.63) is 86.5 Å². The number of hydrogen-bond acceptors (Lipinski definition) is 4. The molecule has 1 saturated heterocycles. The van der Waals surface area contributed by atoms with E-state index in [-0.39, 0.29) is 11.5 Å². The van der Waals surface area contributed by atoms with Crippen LogP contribution >= 0.6 is 27.5 Å². The number of carbonyl (C=O) groups excluding carboxylic acids is 2. The second-order valence-corrected chi connectivity index (χ2v) is 9.74. The number of rotatable bonds is 5. The van der Waals surface area contributed by atoms with E-state index in [0.717, 1.165) is 36.0 Å². The van der Waals surface area contributed by atoms with E-state index in [2.05, 4.69) is 36.4 Å². The molecule has 4 rings (SSSR count). The third kappa shape index (κ3) is 6.07. The maximum absolute atomic E-state index is 13.0. The minimum Gasteiger partial charge on any atom is -0.357 e. The van der Waals surface area contributed by atoms with Crippen LogP contribution in [0.3, 0.4) is 0 Å². The molecule has 0 unspecified atom stereocenters. The molecule has 1 aromatic heterocycles. The van der Waals surface area contributed by atoms with Crippen LogP contribution in [0.25, 0.3) is 0 Å². The summed E-state index contributed by atoms with van der Waals surface area (Å²) in [7, 11) is 0. The Morgan fingerprint density at radius 1 is 0.971 bits per heavy atom. The maximum atomic E-state index is 13.0. The van der Waals surface area contributed by atoms with E-state index >= 15 is 0 Å². The van der Waals surface area contributed by atoms with Gasteiger partial charge in [-0.3, -0.25) is 15.0 Å². The fourth-order valence-electron chi connectivity index (χ4n) is 3.99. The largest absolute Gasteiger partial charge is 0.357 e. The Morgan fingerprint density at radius 2 is 1.66 bits per heavy atom. The van der Waals surface area contributed by atoms with Gasteiger partial charge >= 0.3 is 0 Å². The predicted molar refractivity (Wildman–Crippen MR) is 143 cm³/mol. The summed E-state index contributed by atoms with van der Waals surface area (Å²) in [5, 5.41) is 14.4. The summed E-state index contributed by atoms with van der Waals surface area (Å²) >= 11 is 9.53. The van der Waals surface area contributed by atoms with Gasteiger partial charge < -0.3 is 15.5 Å². The highest BCUT2D eigenvalue weighted by Gasteiger charge is 2.19. The first-order valence-corrected chi connectivity index (χ1v) is 12.5. The molecule has 0 atom stereocenters. The number of halogens is 2. The Kier molecular flexibility index (Phi) is 7.83. The van der Waals surface area contributed by atoms with Crippen LogP contribution in [0.2, 0.25) is 5.02 Å². The average molecular weight is 555 g/mol. The summed E-state index contributed by atoms with van der Waals surface area (Å²) in [5.74, 6) is 0.0545. The molecule has 0 radical (unpaired) electrons. The molecule has 9 heteroatoms. The van der Waals surface area contributed by atoms with E-state index in [1.165, 1.54) is 12.5 Å². The molecule has 0 saturated carbocycles. The van der Waals surface area contributed by atoms with Crippen molar-refractivity contribution in [1.29, 1.82) is 5.41 Å². The second kappa shape index (κ2) is 11.0. The predicted octanol–water partition coefficient (Wildman–Crippen LogP) is 6.12. The molecule has 180 valence electrons. The lowest BCUT2D eigenvalue weighted by molar-refractivity contribution is 0.102. The molecule has 0 bridgehead atoms. The fraction of sp³-hybridized carbons (Fsp3) is 0.231. The van der Waals surface area contributed by atoms with E-state index in [1.54, 1.807) is 55.6 Å². The summed E-state index contributed by atoms with van der Waals surface area (Å²) in [4.78, 5) is 32.3. The van der Waals surface area contributed by atoms with Gasteiger partial charge in [0.25, 0.3) is 11.8 Å². The number of nitrogens with one attached hydrogen (secondary N) is 3. The Hall–Kier alpha value is -3.23. The van der Waals surface area contributed by atoms with Gasteiger partial charge in [-0.2, -0.15) is 0 Å². The highest BCUT2D eigenvalue weighted by molar-refractivity contribution is 9.10. The Labute approximate surface area is 217 Å². The monoisotopic (exact) mass is 553 g/mol. The number of nitrogens with zero attached hydrogens (tertiary/aromatic N) is 2. The van der Waals surface area contributed by atoms with Gasteiger partial charge in [0.1, 0.15) is 11.7 Å². The molecule has 1 aliphatic heterocycles. The number of piperidine rings is 1. The van der Waals surface area contributed by atoms with Gasteiger partial charge in [-0.25, -0.2) is 4.98 Å². The number of anilines is 2. The van der Waals surface area contributed by atoms with Crippen molar-refractivity contribution < 1.29 is 9.59 Å². The van der Waals surface area contributed by atoms with Gasteiger partial charge in [0, 0.05) is 39.9 Å². The van der Waals surface area contributed by atoms with Gasteiger partial charge in [-0.05, 0) is 84.1 Å². The number of pyridine rings is 1. The summed E-state index contributed by atoms with van der Waals surface area (Å²) < 4.78 is 0.791. The third-order valence-corrected chi connectivity index (χ3v) is 6.53. The molecule has 7 nitrogen and oxygen atoms in total. The summed E-state index contributed by atoms with van der Waals surface area (Å²) in [5.41, 5.74) is 2.46. The van der Waals surface area contributed by atoms with E-state index in [1.807, 2.05) is 0 Å². The first kappa shape index (κ1) is 24.9. The summed E-state index contributed by atoms with van der Waals surface area (Å²) in [6.07, 6.45) is 4.97. The number of carbonyl (C=O) groups is 2. The first-order valence-electron chi connectivity index (χ1n) is 11.3. The molecule has 3 N–H and O–H groups in total. The van der Waals surface area contributed by atoms with Crippen molar-refractivity contribution in [1.82, 2.24) is 9.88 Å². The van der Waals surface area contributed by atoms with Crippen molar-refractivity contribution in [2.24, 2.45) is 0 Å². The molecule has 2 amide bonds. The molecule has 3 aromatic rings. The first-order chi connectivity index (χ1) is 16.8. The van der Waals surface area contributed by atoms with Crippen LogP contribution in [0.4, 0.5) is 11.5 Å². The van der Waals surface area contributed by atoms with Crippen LogP contribution in [-0.4, -0.2) is 40.6 Å². The van der Waals surface area contributed by atoms with Gasteiger partial charge in [-0.1, -0.05) is 23.7 Å². The number of amidine groups is 1. The molecule has 0 aliphatic carbocycles. The number of aromatic nitrogens is 1. The highest BCUT2D eigenvalue weighted by Crippen LogP contribution is 2.27. The molecule has 1 fully saturated rings. The number of aryl methyl sites for hydroxylation is 1. The van der Waals surface area contributed by atoms with Crippen molar-refractivity contribution >= 4 is 56.7 Å². The minimum atomic E-state index is -0.439. The third-order valence-electron chi connectivity index (χ3n) is 5.85. The lowest BCUT2D eigenvalue weighted by Gasteiger charge is -2.29. The Morgan fingerprint density at radius 3 is 2.31 bits per heavy atom. The zero-order valence-corrected chi connectivity index (χ0v) is 21.5. The molecule has 1 aliphatic rings. The SMILES string of the molecule is Cc1cc(Cl)cc(C(=O)Nc2ccc(Br)cn2)c1NC(=O)c1ccc(C(=N)N2CCCCC2)cc1. The van der Waals surface area contributed by atoms with Crippen molar-refractivity contribution in [3.8, 4) is 0 Å². The number of benzene rings is 2. The lowest BCUT2D eigenvalue weighted by atomic mass is 10.0. The van der Waals surface area contributed by atoms with Crippen LogP contribution in [0, 0.1) is 12.3 Å². The van der Waals surface area contributed by atoms with Gasteiger partial charge in [-0.15, -0.1) is 0 Å². The molecular formula is C26H25BrClN5O2. The van der Waals surface area contributed by atoms with Crippen LogP contribution in [-0.2, 0) is 0 Å². The van der Waals surface area contributed by atoms with Crippen LogP contribution < -0.4 is 10.6 Å². The molecule has 0 spiro atoms.